The summed E-state index contributed by atoms with van der Waals surface area (Å²) in [7, 11) is 0. The lowest BCUT2D eigenvalue weighted by Crippen LogP contribution is -1.99. The highest BCUT2D eigenvalue weighted by Crippen LogP contribution is 2.19. The minimum atomic E-state index is 0.439. The molecule has 2 rings (SSSR count). The lowest BCUT2D eigenvalue weighted by Gasteiger charge is -2.03. The number of aryl methyl sites for hydroxylation is 1. The molecule has 0 aliphatic heterocycles. The predicted molar refractivity (Wildman–Crippen MR) is 59.5 cm³/mol. The fourth-order valence-corrected chi connectivity index (χ4v) is 1.69. The Balaban J connectivity index is 2.69. The van der Waals surface area contributed by atoms with Gasteiger partial charge in [-0.15, -0.1) is 0 Å². The quantitative estimate of drug-likeness (QED) is 0.783. The van der Waals surface area contributed by atoms with E-state index in [0.29, 0.717) is 5.92 Å². The molecule has 0 saturated heterocycles. The molecule has 0 radical (unpaired) electrons. The van der Waals surface area contributed by atoms with Crippen LogP contribution in [0.15, 0.2) is 16.7 Å². The first-order chi connectivity index (χ1) is 6.59. The summed E-state index contributed by atoms with van der Waals surface area (Å²) in [5.74, 6) is 0.439. The van der Waals surface area contributed by atoms with Crippen LogP contribution < -0.4 is 0 Å². The number of fused-ring (bicyclic) bond motifs is 1. The van der Waals surface area contributed by atoms with Gasteiger partial charge in [-0.3, -0.25) is 0 Å². The molecule has 0 aliphatic rings. The van der Waals surface area contributed by atoms with Gasteiger partial charge in [0.25, 0.3) is 0 Å². The summed E-state index contributed by atoms with van der Waals surface area (Å²) in [6.07, 6.45) is 0. The van der Waals surface area contributed by atoms with Crippen molar-refractivity contribution in [3.8, 4) is 0 Å². The maximum absolute atomic E-state index is 4.50. The average Bonchev–Trinajstić information content (AvgIpc) is 2.43. The first-order valence-corrected chi connectivity index (χ1v) is 5.40. The first kappa shape index (κ1) is 9.65. The molecule has 0 amide bonds. The maximum atomic E-state index is 4.50. The normalized spacial score (nSPS) is 11.5. The molecular weight excluding hydrogens is 242 g/mol. The molecule has 4 heteroatoms. The Labute approximate surface area is 91.3 Å². The minimum Gasteiger partial charge on any atom is -0.231 e. The van der Waals surface area contributed by atoms with Crippen LogP contribution in [0.2, 0.25) is 0 Å². The van der Waals surface area contributed by atoms with Crippen LogP contribution in [0.1, 0.15) is 31.2 Å². The van der Waals surface area contributed by atoms with E-state index in [2.05, 4.69) is 39.9 Å². The number of rotatable bonds is 1. The largest absolute Gasteiger partial charge is 0.231 e. The number of hydrogen-bond acceptors (Lipinski definition) is 2. The van der Waals surface area contributed by atoms with Crippen LogP contribution in [-0.2, 0) is 0 Å². The lowest BCUT2D eigenvalue weighted by molar-refractivity contribution is 0.758. The van der Waals surface area contributed by atoms with E-state index in [1.54, 1.807) is 0 Å². The van der Waals surface area contributed by atoms with Gasteiger partial charge >= 0.3 is 0 Å². The molecule has 0 N–H and O–H groups in total. The van der Waals surface area contributed by atoms with Crippen molar-refractivity contribution in [2.24, 2.45) is 0 Å². The second kappa shape index (κ2) is 3.35. The Morgan fingerprint density at radius 2 is 2.07 bits per heavy atom. The van der Waals surface area contributed by atoms with Gasteiger partial charge in [0, 0.05) is 0 Å². The molecular formula is C10H12BrN3. The summed E-state index contributed by atoms with van der Waals surface area (Å²) in [5.41, 5.74) is 2.94. The van der Waals surface area contributed by atoms with E-state index < -0.39 is 0 Å². The van der Waals surface area contributed by atoms with Crippen molar-refractivity contribution >= 4 is 21.6 Å². The van der Waals surface area contributed by atoms with E-state index in [9.17, 15) is 0 Å². The van der Waals surface area contributed by atoms with Gasteiger partial charge in [-0.1, -0.05) is 13.8 Å². The topological polar surface area (TPSA) is 30.2 Å². The predicted octanol–water partition coefficient (Wildman–Crippen LogP) is 2.92. The molecule has 2 heterocycles. The second-order valence-corrected chi connectivity index (χ2v) is 4.42. The molecule has 0 aromatic carbocycles. The molecule has 0 saturated carbocycles. The molecule has 74 valence electrons. The molecule has 0 unspecified atom stereocenters. The highest BCUT2D eigenvalue weighted by Gasteiger charge is 2.08. The van der Waals surface area contributed by atoms with Gasteiger partial charge in [-0.05, 0) is 40.9 Å². The van der Waals surface area contributed by atoms with Crippen molar-refractivity contribution in [1.82, 2.24) is 14.6 Å². The Morgan fingerprint density at radius 1 is 1.36 bits per heavy atom. The van der Waals surface area contributed by atoms with Crippen molar-refractivity contribution in [2.75, 3.05) is 0 Å². The van der Waals surface area contributed by atoms with Crippen LogP contribution in [0.25, 0.3) is 5.65 Å². The molecule has 2 aromatic rings. The third-order valence-corrected chi connectivity index (χ3v) is 3.10. The zero-order valence-corrected chi connectivity index (χ0v) is 10.0. The fraction of sp³-hybridized carbons (Fsp3) is 0.400. The highest BCUT2D eigenvalue weighted by molar-refractivity contribution is 9.10. The summed E-state index contributed by atoms with van der Waals surface area (Å²) in [6.45, 7) is 6.23. The lowest BCUT2D eigenvalue weighted by atomic mass is 10.1. The average molecular weight is 254 g/mol. The summed E-state index contributed by atoms with van der Waals surface area (Å²) >= 11 is 3.47. The molecule has 0 bridgehead atoms. The van der Waals surface area contributed by atoms with Gasteiger partial charge in [0.2, 0.25) is 0 Å². The Hall–Kier alpha value is -0.900. The van der Waals surface area contributed by atoms with E-state index in [1.165, 1.54) is 0 Å². The molecule has 0 spiro atoms. The van der Waals surface area contributed by atoms with Gasteiger partial charge in [0.15, 0.2) is 5.65 Å². The van der Waals surface area contributed by atoms with Crippen LogP contribution in [-0.4, -0.2) is 14.6 Å². The zero-order valence-electron chi connectivity index (χ0n) is 8.45. The zero-order chi connectivity index (χ0) is 10.3. The monoisotopic (exact) mass is 253 g/mol. The van der Waals surface area contributed by atoms with Crippen LogP contribution in [0, 0.1) is 6.92 Å². The van der Waals surface area contributed by atoms with E-state index in [0.717, 1.165) is 21.6 Å². The van der Waals surface area contributed by atoms with E-state index >= 15 is 0 Å². The number of nitrogens with zero attached hydrogens (tertiary/aromatic N) is 3. The Kier molecular flexibility index (Phi) is 2.31. The third-order valence-electron chi connectivity index (χ3n) is 2.19. The number of imidazole rings is 1. The molecule has 14 heavy (non-hydrogen) atoms. The van der Waals surface area contributed by atoms with Crippen molar-refractivity contribution in [2.45, 2.75) is 26.7 Å². The van der Waals surface area contributed by atoms with Crippen LogP contribution in [0.3, 0.4) is 0 Å². The molecule has 0 fully saturated rings. The Morgan fingerprint density at radius 3 is 2.71 bits per heavy atom. The van der Waals surface area contributed by atoms with E-state index in [-0.39, 0.29) is 0 Å². The van der Waals surface area contributed by atoms with Gasteiger partial charge in [0.1, 0.15) is 4.60 Å². The SMILES string of the molecule is Cc1nc2ccc(C(C)C)nn2c1Br. The summed E-state index contributed by atoms with van der Waals surface area (Å²) < 4.78 is 2.78. The first-order valence-electron chi connectivity index (χ1n) is 4.61. The van der Waals surface area contributed by atoms with E-state index in [4.69, 9.17) is 0 Å². The van der Waals surface area contributed by atoms with Gasteiger partial charge in [-0.25, -0.2) is 9.50 Å². The standard InChI is InChI=1S/C10H12BrN3/c1-6(2)8-4-5-9-12-7(3)10(11)14(9)13-8/h4-6H,1-3H3. The van der Waals surface area contributed by atoms with Crippen LogP contribution >= 0.6 is 15.9 Å². The second-order valence-electron chi connectivity index (χ2n) is 3.67. The van der Waals surface area contributed by atoms with Crippen molar-refractivity contribution in [3.63, 3.8) is 0 Å². The number of hydrogen-bond donors (Lipinski definition) is 0. The summed E-state index contributed by atoms with van der Waals surface area (Å²) in [5, 5.41) is 4.50. The molecule has 0 atom stereocenters. The van der Waals surface area contributed by atoms with Crippen molar-refractivity contribution < 1.29 is 0 Å². The van der Waals surface area contributed by atoms with Crippen LogP contribution in [0.5, 0.6) is 0 Å². The molecule has 0 aliphatic carbocycles. The molecule has 3 nitrogen and oxygen atoms in total. The minimum absolute atomic E-state index is 0.439. The Bertz CT molecular complexity index is 473. The smallest absolute Gasteiger partial charge is 0.155 e. The van der Waals surface area contributed by atoms with Crippen molar-refractivity contribution in [3.05, 3.63) is 28.1 Å². The summed E-state index contributed by atoms with van der Waals surface area (Å²) in [4.78, 5) is 4.37. The third kappa shape index (κ3) is 1.43. The fourth-order valence-electron chi connectivity index (χ4n) is 1.34. The summed E-state index contributed by atoms with van der Waals surface area (Å²) in [6, 6.07) is 4.03. The van der Waals surface area contributed by atoms with Gasteiger partial charge < -0.3 is 0 Å². The number of halogens is 1. The molecule has 2 aromatic heterocycles. The maximum Gasteiger partial charge on any atom is 0.155 e. The van der Waals surface area contributed by atoms with Gasteiger partial charge in [-0.2, -0.15) is 5.10 Å². The highest BCUT2D eigenvalue weighted by atomic mass is 79.9. The number of aromatic nitrogens is 3. The van der Waals surface area contributed by atoms with E-state index in [1.807, 2.05) is 23.6 Å². The van der Waals surface area contributed by atoms with Crippen molar-refractivity contribution in [1.29, 1.82) is 0 Å². The van der Waals surface area contributed by atoms with Crippen LogP contribution in [0.4, 0.5) is 0 Å². The van der Waals surface area contributed by atoms with Gasteiger partial charge in [0.05, 0.1) is 11.4 Å².